The molecule has 0 aliphatic carbocycles. The summed E-state index contributed by atoms with van der Waals surface area (Å²) in [6.07, 6.45) is 0. The fraction of sp³-hybridized carbons (Fsp3) is 0.167. The molecule has 102 valence electrons. The average Bonchev–Trinajstić information content (AvgIpc) is 2.72. The maximum Gasteiger partial charge on any atom is 0.238 e. The van der Waals surface area contributed by atoms with Crippen LogP contribution in [0, 0.1) is 6.92 Å². The molecule has 0 saturated heterocycles. The Balaban J connectivity index is 2.23. The number of anilines is 2. The van der Waals surface area contributed by atoms with Crippen molar-refractivity contribution >= 4 is 32.7 Å². The van der Waals surface area contributed by atoms with Crippen LogP contribution >= 0.6 is 11.3 Å². The molecule has 5 N–H and O–H groups in total. The monoisotopic (exact) mass is 297 g/mol. The Morgan fingerprint density at radius 3 is 2.63 bits per heavy atom. The van der Waals surface area contributed by atoms with Crippen LogP contribution in [-0.2, 0) is 16.6 Å². The van der Waals surface area contributed by atoms with Gasteiger partial charge in [-0.05, 0) is 47.0 Å². The highest BCUT2D eigenvalue weighted by molar-refractivity contribution is 7.89. The molecular weight excluding hydrogens is 282 g/mol. The zero-order valence-electron chi connectivity index (χ0n) is 10.4. The molecule has 1 heterocycles. The van der Waals surface area contributed by atoms with Gasteiger partial charge in [0.25, 0.3) is 0 Å². The predicted molar refractivity (Wildman–Crippen MR) is 78.6 cm³/mol. The van der Waals surface area contributed by atoms with Crippen molar-refractivity contribution in [1.82, 2.24) is 0 Å². The molecule has 2 aromatic rings. The molecule has 0 fully saturated rings. The van der Waals surface area contributed by atoms with E-state index in [9.17, 15) is 8.42 Å². The molecule has 0 aliphatic heterocycles. The molecule has 0 atom stereocenters. The molecule has 0 saturated carbocycles. The molecular formula is C12H15N3O2S2. The van der Waals surface area contributed by atoms with Gasteiger partial charge in [0, 0.05) is 6.54 Å². The fourth-order valence-corrected chi connectivity index (χ4v) is 3.02. The van der Waals surface area contributed by atoms with Crippen LogP contribution in [0.4, 0.5) is 11.4 Å². The van der Waals surface area contributed by atoms with Crippen molar-refractivity contribution < 1.29 is 8.42 Å². The molecule has 1 aromatic heterocycles. The lowest BCUT2D eigenvalue weighted by Crippen LogP contribution is -2.13. The number of sulfonamides is 1. The van der Waals surface area contributed by atoms with E-state index in [4.69, 9.17) is 10.9 Å². The van der Waals surface area contributed by atoms with Gasteiger partial charge in [0.05, 0.1) is 16.3 Å². The lowest BCUT2D eigenvalue weighted by molar-refractivity contribution is 0.598. The second kappa shape index (κ2) is 5.20. The van der Waals surface area contributed by atoms with Crippen LogP contribution in [0.1, 0.15) is 11.1 Å². The van der Waals surface area contributed by atoms with Gasteiger partial charge in [-0.1, -0.05) is 0 Å². The molecule has 1 aromatic carbocycles. The average molecular weight is 297 g/mol. The number of nitrogen functional groups attached to an aromatic ring is 1. The summed E-state index contributed by atoms with van der Waals surface area (Å²) in [5, 5.41) is 12.3. The summed E-state index contributed by atoms with van der Waals surface area (Å²) in [7, 11) is -3.72. The van der Waals surface area contributed by atoms with Gasteiger partial charge in [-0.25, -0.2) is 13.6 Å². The predicted octanol–water partition coefficient (Wildman–Crippen LogP) is 1.90. The van der Waals surface area contributed by atoms with E-state index in [2.05, 4.69) is 10.7 Å². The van der Waals surface area contributed by atoms with Crippen molar-refractivity contribution in [1.29, 1.82) is 0 Å². The van der Waals surface area contributed by atoms with Gasteiger partial charge in [-0.2, -0.15) is 11.3 Å². The van der Waals surface area contributed by atoms with Crippen molar-refractivity contribution in [2.75, 3.05) is 11.1 Å². The van der Waals surface area contributed by atoms with Crippen LogP contribution in [0.25, 0.3) is 0 Å². The van der Waals surface area contributed by atoms with E-state index in [-0.39, 0.29) is 4.90 Å². The van der Waals surface area contributed by atoms with Gasteiger partial charge in [-0.3, -0.25) is 0 Å². The first-order chi connectivity index (χ1) is 8.88. The molecule has 2 rings (SSSR count). The van der Waals surface area contributed by atoms with Gasteiger partial charge in [-0.15, -0.1) is 0 Å². The van der Waals surface area contributed by atoms with Crippen LogP contribution in [0.5, 0.6) is 0 Å². The van der Waals surface area contributed by atoms with E-state index in [0.717, 1.165) is 5.56 Å². The summed E-state index contributed by atoms with van der Waals surface area (Å²) in [6.45, 7) is 2.62. The molecule has 7 heteroatoms. The van der Waals surface area contributed by atoms with Crippen LogP contribution < -0.4 is 16.2 Å². The Bertz CT molecular complexity index is 693. The standard InChI is InChI=1S/C12H15N3O2S2/c1-8-6-18-7-9(8)5-15-12-4-10(19(14,16)17)2-3-11(12)13/h2-4,6-7,15H,5,13H2,1H3,(H2,14,16,17). The second-order valence-electron chi connectivity index (χ2n) is 4.23. The van der Waals surface area contributed by atoms with Crippen LogP contribution in [0.3, 0.4) is 0 Å². The molecule has 0 spiro atoms. The summed E-state index contributed by atoms with van der Waals surface area (Å²) >= 11 is 1.63. The Labute approximate surface area is 116 Å². The minimum Gasteiger partial charge on any atom is -0.397 e. The highest BCUT2D eigenvalue weighted by Gasteiger charge is 2.10. The fourth-order valence-electron chi connectivity index (χ4n) is 1.62. The van der Waals surface area contributed by atoms with Crippen molar-refractivity contribution in [3.63, 3.8) is 0 Å². The van der Waals surface area contributed by atoms with E-state index >= 15 is 0 Å². The van der Waals surface area contributed by atoms with Gasteiger partial charge in [0.1, 0.15) is 0 Å². The molecule has 19 heavy (non-hydrogen) atoms. The normalized spacial score (nSPS) is 11.5. The first-order valence-corrected chi connectivity index (χ1v) is 8.04. The number of nitrogens with two attached hydrogens (primary N) is 2. The first kappa shape index (κ1) is 13.9. The summed E-state index contributed by atoms with van der Waals surface area (Å²) in [6, 6.07) is 4.38. The quantitative estimate of drug-likeness (QED) is 0.751. The third-order valence-electron chi connectivity index (χ3n) is 2.78. The van der Waals surface area contributed by atoms with Gasteiger partial charge in [0.2, 0.25) is 10.0 Å². The Kier molecular flexibility index (Phi) is 3.79. The number of rotatable bonds is 4. The van der Waals surface area contributed by atoms with Crippen LogP contribution in [0.2, 0.25) is 0 Å². The number of primary sulfonamides is 1. The van der Waals surface area contributed by atoms with Crippen molar-refractivity contribution in [3.8, 4) is 0 Å². The van der Waals surface area contributed by atoms with Crippen molar-refractivity contribution in [2.45, 2.75) is 18.4 Å². The third-order valence-corrected chi connectivity index (χ3v) is 4.61. The topological polar surface area (TPSA) is 98.2 Å². The van der Waals surface area contributed by atoms with E-state index in [1.54, 1.807) is 11.3 Å². The van der Waals surface area contributed by atoms with Crippen molar-refractivity contribution in [2.24, 2.45) is 5.14 Å². The zero-order chi connectivity index (χ0) is 14.0. The number of thiophene rings is 1. The van der Waals surface area contributed by atoms with Crippen LogP contribution in [-0.4, -0.2) is 8.42 Å². The zero-order valence-corrected chi connectivity index (χ0v) is 12.0. The Hall–Kier alpha value is -1.57. The van der Waals surface area contributed by atoms with E-state index in [1.807, 2.05) is 12.3 Å². The molecule has 0 radical (unpaired) electrons. The summed E-state index contributed by atoms with van der Waals surface area (Å²) in [4.78, 5) is 0.0474. The maximum absolute atomic E-state index is 11.3. The molecule has 0 unspecified atom stereocenters. The number of aryl methyl sites for hydroxylation is 1. The lowest BCUT2D eigenvalue weighted by Gasteiger charge is -2.10. The van der Waals surface area contributed by atoms with Gasteiger partial charge < -0.3 is 11.1 Å². The SMILES string of the molecule is Cc1cscc1CNc1cc(S(N)(=O)=O)ccc1N. The number of benzene rings is 1. The largest absolute Gasteiger partial charge is 0.397 e. The number of hydrogen-bond donors (Lipinski definition) is 3. The highest BCUT2D eigenvalue weighted by Crippen LogP contribution is 2.23. The molecule has 0 aliphatic rings. The second-order valence-corrected chi connectivity index (χ2v) is 6.53. The Morgan fingerprint density at radius 2 is 2.05 bits per heavy atom. The van der Waals surface area contributed by atoms with Gasteiger partial charge in [0.15, 0.2) is 0 Å². The van der Waals surface area contributed by atoms with Crippen LogP contribution in [0.15, 0.2) is 33.9 Å². The summed E-state index contributed by atoms with van der Waals surface area (Å²) in [5.74, 6) is 0. The summed E-state index contributed by atoms with van der Waals surface area (Å²) < 4.78 is 22.6. The van der Waals surface area contributed by atoms with E-state index in [0.29, 0.717) is 17.9 Å². The first-order valence-electron chi connectivity index (χ1n) is 5.56. The Morgan fingerprint density at radius 1 is 1.32 bits per heavy atom. The number of hydrogen-bond acceptors (Lipinski definition) is 5. The minimum atomic E-state index is -3.72. The minimum absolute atomic E-state index is 0.0474. The smallest absolute Gasteiger partial charge is 0.238 e. The molecule has 0 amide bonds. The molecule has 0 bridgehead atoms. The van der Waals surface area contributed by atoms with E-state index < -0.39 is 10.0 Å². The number of nitrogens with one attached hydrogen (secondary N) is 1. The van der Waals surface area contributed by atoms with Crippen molar-refractivity contribution in [3.05, 3.63) is 40.1 Å². The van der Waals surface area contributed by atoms with Gasteiger partial charge >= 0.3 is 0 Å². The highest BCUT2D eigenvalue weighted by atomic mass is 32.2. The van der Waals surface area contributed by atoms with E-state index in [1.165, 1.54) is 23.8 Å². The molecule has 5 nitrogen and oxygen atoms in total. The maximum atomic E-state index is 11.3. The third kappa shape index (κ3) is 3.25. The lowest BCUT2D eigenvalue weighted by atomic mass is 10.2. The summed E-state index contributed by atoms with van der Waals surface area (Å²) in [5.41, 5.74) is 9.22.